The zero-order chi connectivity index (χ0) is 71.8. The summed E-state index contributed by atoms with van der Waals surface area (Å²) < 4.78 is 68.5. The molecule has 0 saturated carbocycles. The molecule has 0 amide bonds. The van der Waals surface area contributed by atoms with Gasteiger partial charge in [-0.1, -0.05) is 273 Å². The predicted molar refractivity (Wildman–Crippen MR) is 399 cm³/mol. The number of carbonyl (C=O) groups is 4. The molecule has 0 aromatic carbocycles. The lowest BCUT2D eigenvalue weighted by atomic mass is 10.0. The van der Waals surface area contributed by atoms with E-state index in [0.29, 0.717) is 25.7 Å². The van der Waals surface area contributed by atoms with Crippen molar-refractivity contribution in [2.45, 2.75) is 354 Å². The molecule has 5 atom stereocenters. The number of phosphoric acid groups is 2. The summed E-state index contributed by atoms with van der Waals surface area (Å²) in [7, 11) is -9.95. The van der Waals surface area contributed by atoms with Crippen molar-refractivity contribution < 1.29 is 80.2 Å². The zero-order valence-corrected chi connectivity index (χ0v) is 63.7. The maximum Gasteiger partial charge on any atom is 0.472 e. The number of carbonyl (C=O) groups excluding carboxylic acids is 4. The van der Waals surface area contributed by atoms with Gasteiger partial charge in [0.15, 0.2) is 12.2 Å². The summed E-state index contributed by atoms with van der Waals surface area (Å²) in [6, 6.07) is 0. The lowest BCUT2D eigenvalue weighted by molar-refractivity contribution is -0.161. The molecule has 98 heavy (non-hydrogen) atoms. The van der Waals surface area contributed by atoms with Gasteiger partial charge in [0.1, 0.15) is 19.3 Å². The van der Waals surface area contributed by atoms with Crippen molar-refractivity contribution in [3.8, 4) is 0 Å². The van der Waals surface area contributed by atoms with Crippen LogP contribution in [-0.4, -0.2) is 96.7 Å². The summed E-state index contributed by atoms with van der Waals surface area (Å²) in [4.78, 5) is 72.8. The summed E-state index contributed by atoms with van der Waals surface area (Å²) in [5, 5.41) is 10.6. The highest BCUT2D eigenvalue weighted by molar-refractivity contribution is 7.47. The molecule has 0 bridgehead atoms. The Kier molecular flexibility index (Phi) is 68.9. The average molecular weight is 1420 g/mol. The highest BCUT2D eigenvalue weighted by Crippen LogP contribution is 2.45. The topological polar surface area (TPSA) is 237 Å². The van der Waals surface area contributed by atoms with E-state index in [4.69, 9.17) is 37.0 Å². The van der Waals surface area contributed by atoms with E-state index in [-0.39, 0.29) is 25.7 Å². The van der Waals surface area contributed by atoms with Gasteiger partial charge in [-0.05, 0) is 122 Å². The molecule has 0 saturated heterocycles. The van der Waals surface area contributed by atoms with Gasteiger partial charge < -0.3 is 33.8 Å². The second kappa shape index (κ2) is 71.6. The van der Waals surface area contributed by atoms with Gasteiger partial charge in [0.25, 0.3) is 0 Å². The maximum absolute atomic E-state index is 13.1. The van der Waals surface area contributed by atoms with E-state index in [0.717, 1.165) is 154 Å². The molecule has 0 rings (SSSR count). The molecule has 0 fully saturated rings. The second-order valence-electron chi connectivity index (χ2n) is 25.9. The Morgan fingerprint density at radius 2 is 0.531 bits per heavy atom. The molecule has 0 aromatic rings. The summed E-state index contributed by atoms with van der Waals surface area (Å²) in [5.74, 6) is -2.21. The highest BCUT2D eigenvalue weighted by Gasteiger charge is 2.30. The van der Waals surface area contributed by atoms with Gasteiger partial charge in [0, 0.05) is 25.7 Å². The molecule has 17 nitrogen and oxygen atoms in total. The van der Waals surface area contributed by atoms with Gasteiger partial charge in [0.2, 0.25) is 0 Å². The molecule has 2 unspecified atom stereocenters. The van der Waals surface area contributed by atoms with Crippen LogP contribution >= 0.6 is 15.6 Å². The number of unbranched alkanes of at least 4 members (excludes halogenated alkanes) is 33. The molecule has 0 aliphatic heterocycles. The van der Waals surface area contributed by atoms with Crippen molar-refractivity contribution in [1.29, 1.82) is 0 Å². The molecule has 19 heteroatoms. The van der Waals surface area contributed by atoms with Crippen LogP contribution in [-0.2, 0) is 65.4 Å². The Balaban J connectivity index is 5.35. The largest absolute Gasteiger partial charge is 0.472 e. The van der Waals surface area contributed by atoms with Gasteiger partial charge in [-0.15, -0.1) is 0 Å². The number of esters is 4. The van der Waals surface area contributed by atoms with E-state index in [9.17, 15) is 43.2 Å². The normalized spacial score (nSPS) is 14.4. The fraction of sp³-hybridized carbons (Fsp3) is 0.772. The Hall–Kier alpha value is -3.76. The number of aliphatic hydroxyl groups is 1. The third kappa shape index (κ3) is 70.7. The Labute approximate surface area is 595 Å². The molecule has 0 heterocycles. The minimum atomic E-state index is -4.98. The number of ether oxygens (including phenoxy) is 4. The zero-order valence-electron chi connectivity index (χ0n) is 62.0. The molecule has 0 aliphatic rings. The van der Waals surface area contributed by atoms with E-state index >= 15 is 0 Å². The standard InChI is InChI=1S/C79H140O17P2/c1-5-9-13-17-21-25-29-33-34-35-36-37-38-42-44-48-52-56-60-64-77(82)90-70-75(96-79(84)66-62-58-54-50-46-41-32-28-24-20-16-12-8-4)72-94-98(87,88)92-68-73(80)67-91-97(85,86)93-71-74(95-78(83)65-61-57-53-49-45-40-31-27-23-19-15-11-7-3)69-89-76(81)63-59-55-51-47-43-39-30-26-22-18-14-10-6-2/h9,13,21,25-26,28,30,32-34,36-37,42,44,73-75,80H,5-8,10-12,14-20,22-24,27,29,31,35,38-41,43,45-72H2,1-4H3,(H,85,86)(H,87,88)/b13-9-,25-21-,30-26-,32-28-,34-33-,37-36-,44-42-/t73-,74+,75+/m0/s1. The Morgan fingerprint density at radius 3 is 0.847 bits per heavy atom. The quantitative estimate of drug-likeness (QED) is 0.0169. The van der Waals surface area contributed by atoms with Crippen molar-refractivity contribution in [3.05, 3.63) is 85.1 Å². The van der Waals surface area contributed by atoms with Crippen molar-refractivity contribution in [2.75, 3.05) is 39.6 Å². The molecule has 0 aliphatic carbocycles. The molecular weight excluding hydrogens is 1280 g/mol. The van der Waals surface area contributed by atoms with Gasteiger partial charge in [-0.3, -0.25) is 37.3 Å². The van der Waals surface area contributed by atoms with Crippen LogP contribution in [0.4, 0.5) is 0 Å². The lowest BCUT2D eigenvalue weighted by Gasteiger charge is -2.21. The maximum atomic E-state index is 13.1. The van der Waals surface area contributed by atoms with E-state index in [2.05, 4.69) is 113 Å². The molecule has 3 N–H and O–H groups in total. The molecule has 0 aromatic heterocycles. The smallest absolute Gasteiger partial charge is 0.462 e. The van der Waals surface area contributed by atoms with Crippen molar-refractivity contribution in [1.82, 2.24) is 0 Å². The van der Waals surface area contributed by atoms with Crippen LogP contribution in [0.2, 0.25) is 0 Å². The fourth-order valence-corrected chi connectivity index (χ4v) is 12.0. The van der Waals surface area contributed by atoms with Gasteiger partial charge in [-0.2, -0.15) is 0 Å². The van der Waals surface area contributed by atoms with Crippen LogP contribution in [0.3, 0.4) is 0 Å². The minimum absolute atomic E-state index is 0.0783. The van der Waals surface area contributed by atoms with Crippen LogP contribution in [0.5, 0.6) is 0 Å². The summed E-state index contributed by atoms with van der Waals surface area (Å²) in [6.45, 7) is 4.71. The minimum Gasteiger partial charge on any atom is -0.462 e. The number of aliphatic hydroxyl groups excluding tert-OH is 1. The second-order valence-corrected chi connectivity index (χ2v) is 28.8. The SMILES string of the molecule is CC/C=C\C/C=C\C/C=C\C/C=C\C/C=C\CCCCCC(=O)OC[C@H](COP(=O)(O)OC[C@@H](O)COP(=O)(O)OC[C@@H](COC(=O)CCCCCCC/C=C\CCCCCC)OC(=O)CCCCCCCCCCCCCCC)OC(=O)CCCCCCC/C=C\CCCCCC. The number of rotatable bonds is 73. The van der Waals surface area contributed by atoms with Crippen LogP contribution in [0.15, 0.2) is 85.1 Å². The first-order valence-electron chi connectivity index (χ1n) is 38.8. The summed E-state index contributed by atoms with van der Waals surface area (Å²) in [5.41, 5.74) is 0. The number of phosphoric ester groups is 2. The first-order valence-corrected chi connectivity index (χ1v) is 41.8. The molecule has 0 radical (unpaired) electrons. The molecule has 0 spiro atoms. The van der Waals surface area contributed by atoms with E-state index in [1.165, 1.54) is 103 Å². The number of allylic oxidation sites excluding steroid dienone is 14. The Morgan fingerprint density at radius 1 is 0.296 bits per heavy atom. The fourth-order valence-electron chi connectivity index (χ4n) is 10.4. The van der Waals surface area contributed by atoms with Crippen molar-refractivity contribution in [3.63, 3.8) is 0 Å². The van der Waals surface area contributed by atoms with Crippen LogP contribution in [0, 0.1) is 0 Å². The summed E-state index contributed by atoms with van der Waals surface area (Å²) in [6.07, 6.45) is 72.8. The van der Waals surface area contributed by atoms with Crippen molar-refractivity contribution >= 4 is 39.5 Å². The van der Waals surface area contributed by atoms with E-state index in [1.807, 2.05) is 0 Å². The first kappa shape index (κ1) is 94.2. The predicted octanol–water partition coefficient (Wildman–Crippen LogP) is 22.2. The average Bonchev–Trinajstić information content (AvgIpc) is 0.966. The van der Waals surface area contributed by atoms with E-state index in [1.54, 1.807) is 0 Å². The monoisotopic (exact) mass is 1420 g/mol. The molecular formula is C79H140O17P2. The van der Waals surface area contributed by atoms with Crippen LogP contribution < -0.4 is 0 Å². The van der Waals surface area contributed by atoms with Crippen LogP contribution in [0.1, 0.15) is 336 Å². The first-order chi connectivity index (χ1) is 47.7. The van der Waals surface area contributed by atoms with E-state index < -0.39 is 97.5 Å². The summed E-state index contributed by atoms with van der Waals surface area (Å²) >= 11 is 0. The van der Waals surface area contributed by atoms with Gasteiger partial charge >= 0.3 is 39.5 Å². The number of hydrogen-bond donors (Lipinski definition) is 3. The highest BCUT2D eigenvalue weighted by atomic mass is 31.2. The van der Waals surface area contributed by atoms with Gasteiger partial charge in [0.05, 0.1) is 26.4 Å². The Bertz CT molecular complexity index is 2190. The van der Waals surface area contributed by atoms with Gasteiger partial charge in [-0.25, -0.2) is 9.13 Å². The third-order valence-corrected chi connectivity index (χ3v) is 18.2. The lowest BCUT2D eigenvalue weighted by Crippen LogP contribution is -2.30. The van der Waals surface area contributed by atoms with Crippen molar-refractivity contribution in [2.24, 2.45) is 0 Å². The van der Waals surface area contributed by atoms with Crippen LogP contribution in [0.25, 0.3) is 0 Å². The number of hydrogen-bond acceptors (Lipinski definition) is 15. The molecule has 568 valence electrons. The third-order valence-electron chi connectivity index (χ3n) is 16.3.